The van der Waals surface area contributed by atoms with Crippen LogP contribution in [0.5, 0.6) is 0 Å². The van der Waals surface area contributed by atoms with E-state index in [-0.39, 0.29) is 21.2 Å². The van der Waals surface area contributed by atoms with Gasteiger partial charge in [-0.25, -0.2) is 0 Å². The minimum atomic E-state index is -0.0567. The third kappa shape index (κ3) is 3.22. The maximum Gasteiger partial charge on any atom is 0.359 e. The zero-order valence-electron chi connectivity index (χ0n) is 10.2. The topological polar surface area (TPSA) is 0 Å². The summed E-state index contributed by atoms with van der Waals surface area (Å²) in [6.45, 7) is 6.66. The molecule has 2 heteroatoms. The molecule has 0 saturated carbocycles. The van der Waals surface area contributed by atoms with E-state index in [0.29, 0.717) is 0 Å². The highest BCUT2D eigenvalue weighted by Gasteiger charge is 2.23. The van der Waals surface area contributed by atoms with Gasteiger partial charge >= 0.3 is 21.2 Å². The lowest BCUT2D eigenvalue weighted by molar-refractivity contribution is -0.600. The van der Waals surface area contributed by atoms with Gasteiger partial charge in [0.25, 0.3) is 0 Å². The second kappa shape index (κ2) is 5.69. The van der Waals surface area contributed by atoms with E-state index in [1.165, 1.54) is 23.8 Å². The normalized spacial score (nSPS) is 10.6. The lowest BCUT2D eigenvalue weighted by atomic mass is 10.1. The van der Waals surface area contributed by atoms with E-state index < -0.39 is 0 Å². The summed E-state index contributed by atoms with van der Waals surface area (Å²) < 4.78 is 4.51. The predicted molar refractivity (Wildman–Crippen MR) is 77.2 cm³/mol. The minimum Gasteiger partial charge on any atom is -0.0609 e. The van der Waals surface area contributed by atoms with Gasteiger partial charge in [-0.2, -0.15) is 0 Å². The van der Waals surface area contributed by atoms with Crippen molar-refractivity contribution in [2.45, 2.75) is 20.8 Å². The summed E-state index contributed by atoms with van der Waals surface area (Å²) in [5, 5.41) is 0. The van der Waals surface area contributed by atoms with Gasteiger partial charge in [-0.1, -0.05) is 29.8 Å². The molecule has 0 nitrogen and oxygen atoms in total. The van der Waals surface area contributed by atoms with E-state index >= 15 is 0 Å². The highest BCUT2D eigenvalue weighted by molar-refractivity contribution is 14.1. The second-order valence-electron chi connectivity index (χ2n) is 4.22. The van der Waals surface area contributed by atoms with E-state index in [9.17, 15) is 0 Å². The molecule has 0 atom stereocenters. The van der Waals surface area contributed by atoms with E-state index in [1.807, 2.05) is 0 Å². The van der Waals surface area contributed by atoms with Crippen LogP contribution in [-0.4, -0.2) is 0 Å². The number of rotatable bonds is 2. The van der Waals surface area contributed by atoms with Crippen molar-refractivity contribution in [3.63, 3.8) is 0 Å². The fraction of sp³-hybridized carbons (Fsp3) is 0.200. The first-order chi connectivity index (χ1) is 8.08. The Labute approximate surface area is 127 Å². The van der Waals surface area contributed by atoms with Crippen molar-refractivity contribution in [3.8, 4) is 0 Å². The van der Waals surface area contributed by atoms with Crippen LogP contribution in [0.2, 0.25) is 0 Å². The quantitative estimate of drug-likeness (QED) is 0.608. The summed E-state index contributed by atoms with van der Waals surface area (Å²) in [7, 11) is 0. The third-order valence-corrected chi connectivity index (χ3v) is 8.34. The molecule has 0 unspecified atom stereocenters. The molecule has 0 bridgehead atoms. The van der Waals surface area contributed by atoms with Crippen LogP contribution in [0.4, 0.5) is 0 Å². The van der Waals surface area contributed by atoms with Crippen LogP contribution in [-0.2, 0) is 0 Å². The van der Waals surface area contributed by atoms with Gasteiger partial charge in [0, 0.05) is 11.1 Å². The summed E-state index contributed by atoms with van der Waals surface area (Å²) in [6, 6.07) is 13.3. The van der Waals surface area contributed by atoms with Crippen molar-refractivity contribution in [2.75, 3.05) is 0 Å². The Morgan fingerprint density at radius 3 is 2.12 bits per heavy atom. The minimum absolute atomic E-state index is 0.0567. The second-order valence-corrected chi connectivity index (χ2v) is 8.16. The molecule has 88 valence electrons. The first-order valence-corrected chi connectivity index (χ1v) is 8.79. The van der Waals surface area contributed by atoms with Gasteiger partial charge in [-0.3, -0.25) is 0 Å². The highest BCUT2D eigenvalue weighted by Crippen LogP contribution is 2.08. The third-order valence-electron chi connectivity index (χ3n) is 2.60. The van der Waals surface area contributed by atoms with Crippen molar-refractivity contribution in [3.05, 3.63) is 63.8 Å². The summed E-state index contributed by atoms with van der Waals surface area (Å²) in [5.41, 5.74) is 4.28. The Kier molecular flexibility index (Phi) is 4.47. The molecule has 0 aromatic heterocycles. The Morgan fingerprint density at radius 2 is 1.53 bits per heavy atom. The molecule has 0 aliphatic carbocycles. The SMILES string of the molecule is Cc1cc(C)c([I+]c2ccccc2I)c(C)c1. The fourth-order valence-corrected chi connectivity index (χ4v) is 5.57. The monoisotopic (exact) mass is 449 g/mol. The van der Waals surface area contributed by atoms with E-state index in [2.05, 4.69) is 79.8 Å². The van der Waals surface area contributed by atoms with E-state index in [1.54, 1.807) is 3.57 Å². The fourth-order valence-electron chi connectivity index (χ4n) is 1.93. The van der Waals surface area contributed by atoms with Crippen LogP contribution in [0.15, 0.2) is 36.4 Å². The molecule has 0 fully saturated rings. The average Bonchev–Trinajstić information content (AvgIpc) is 2.25. The molecule has 0 heterocycles. The van der Waals surface area contributed by atoms with Crippen LogP contribution < -0.4 is 21.2 Å². The lowest BCUT2D eigenvalue weighted by Crippen LogP contribution is -3.62. The molecule has 0 spiro atoms. The zero-order chi connectivity index (χ0) is 12.4. The van der Waals surface area contributed by atoms with Crippen LogP contribution in [0.3, 0.4) is 0 Å². The van der Waals surface area contributed by atoms with Crippen molar-refractivity contribution in [1.29, 1.82) is 0 Å². The lowest BCUT2D eigenvalue weighted by Gasteiger charge is -2.01. The number of hydrogen-bond acceptors (Lipinski definition) is 0. The highest BCUT2D eigenvalue weighted by atomic mass is 127. The molecule has 0 amide bonds. The zero-order valence-corrected chi connectivity index (χ0v) is 14.5. The van der Waals surface area contributed by atoms with E-state index in [4.69, 9.17) is 0 Å². The van der Waals surface area contributed by atoms with Gasteiger partial charge in [-0.05, 0) is 55.5 Å². The van der Waals surface area contributed by atoms with Crippen molar-refractivity contribution < 1.29 is 21.2 Å². The van der Waals surface area contributed by atoms with Crippen LogP contribution in [0.1, 0.15) is 16.7 Å². The van der Waals surface area contributed by atoms with Crippen molar-refractivity contribution in [1.82, 2.24) is 0 Å². The molecule has 17 heavy (non-hydrogen) atoms. The maximum absolute atomic E-state index is 2.44. The Hall–Kier alpha value is -0.100. The molecule has 0 saturated heterocycles. The van der Waals surface area contributed by atoms with Gasteiger partial charge in [0.15, 0.2) is 3.57 Å². The Balaban J connectivity index is 2.40. The molecule has 2 aromatic rings. The van der Waals surface area contributed by atoms with Gasteiger partial charge in [-0.15, -0.1) is 0 Å². The molecular formula is C15H15I2+. The first-order valence-electron chi connectivity index (χ1n) is 5.55. The number of hydrogen-bond donors (Lipinski definition) is 0. The summed E-state index contributed by atoms with van der Waals surface area (Å²) >= 11 is 2.39. The number of halogens is 2. The molecule has 2 rings (SSSR count). The number of benzene rings is 2. The largest absolute Gasteiger partial charge is 0.359 e. The van der Waals surface area contributed by atoms with Gasteiger partial charge in [0.1, 0.15) is 0 Å². The van der Waals surface area contributed by atoms with E-state index in [0.717, 1.165) is 0 Å². The van der Waals surface area contributed by atoms with Crippen molar-refractivity contribution in [2.24, 2.45) is 0 Å². The Morgan fingerprint density at radius 1 is 0.941 bits per heavy atom. The predicted octanol–water partition coefficient (Wildman–Crippen LogP) is 1.34. The summed E-state index contributed by atoms with van der Waals surface area (Å²) in [6.07, 6.45) is 0. The smallest absolute Gasteiger partial charge is 0.0609 e. The first kappa shape index (κ1) is 13.3. The van der Waals surface area contributed by atoms with Gasteiger partial charge in [0.05, 0.1) is 3.57 Å². The van der Waals surface area contributed by atoms with Crippen LogP contribution >= 0.6 is 22.6 Å². The molecule has 0 aliphatic rings. The van der Waals surface area contributed by atoms with Crippen LogP contribution in [0.25, 0.3) is 0 Å². The Bertz CT molecular complexity index is 521. The average molecular weight is 449 g/mol. The maximum atomic E-state index is 2.44. The molecule has 0 aliphatic heterocycles. The molecule has 0 radical (unpaired) electrons. The van der Waals surface area contributed by atoms with Crippen molar-refractivity contribution >= 4 is 22.6 Å². The molecular weight excluding hydrogens is 434 g/mol. The molecule has 0 N–H and O–H groups in total. The summed E-state index contributed by atoms with van der Waals surface area (Å²) in [5.74, 6) is 0. The summed E-state index contributed by atoms with van der Waals surface area (Å²) in [4.78, 5) is 0. The standard InChI is InChI=1S/C15H15I2/c1-10-8-11(2)15(12(3)9-10)17-14-7-5-4-6-13(14)16/h4-9H,1-3H3/q+1. The van der Waals surface area contributed by atoms with Crippen LogP contribution in [0, 0.1) is 31.5 Å². The van der Waals surface area contributed by atoms with Gasteiger partial charge in [0.2, 0.25) is 3.57 Å². The number of aryl methyl sites for hydroxylation is 3. The van der Waals surface area contributed by atoms with Gasteiger partial charge < -0.3 is 0 Å². The molecule has 2 aromatic carbocycles.